The van der Waals surface area contributed by atoms with Crippen LogP contribution in [0.1, 0.15) is 23.3 Å². The minimum atomic E-state index is -0.0787. The largest absolute Gasteiger partial charge is 0.489 e. The third-order valence-corrected chi connectivity index (χ3v) is 5.70. The molecule has 0 aliphatic carbocycles. The summed E-state index contributed by atoms with van der Waals surface area (Å²) in [6.45, 7) is 2.75. The maximum atomic E-state index is 12.6. The topological polar surface area (TPSA) is 50.8 Å². The molecule has 2 aliphatic heterocycles. The van der Waals surface area contributed by atoms with Gasteiger partial charge in [-0.2, -0.15) is 0 Å². The highest BCUT2D eigenvalue weighted by Gasteiger charge is 2.22. The zero-order valence-electron chi connectivity index (χ0n) is 14.1. The number of fused-ring (bicyclic) bond motifs is 1. The zero-order chi connectivity index (χ0) is 17.1. The molecule has 25 heavy (non-hydrogen) atoms. The highest BCUT2D eigenvalue weighted by molar-refractivity contribution is 7.10. The molecule has 4 rings (SSSR count). The number of thiophene rings is 1. The summed E-state index contributed by atoms with van der Waals surface area (Å²) < 4.78 is 11.5. The smallest absolute Gasteiger partial charge is 0.322 e. The van der Waals surface area contributed by atoms with Gasteiger partial charge < -0.3 is 19.7 Å². The molecule has 1 aromatic carbocycles. The van der Waals surface area contributed by atoms with Crippen LogP contribution >= 0.6 is 11.3 Å². The van der Waals surface area contributed by atoms with Gasteiger partial charge in [-0.3, -0.25) is 0 Å². The van der Waals surface area contributed by atoms with Crippen molar-refractivity contribution in [2.45, 2.75) is 31.9 Å². The predicted molar refractivity (Wildman–Crippen MR) is 98.4 cm³/mol. The van der Waals surface area contributed by atoms with Crippen LogP contribution in [-0.4, -0.2) is 36.8 Å². The highest BCUT2D eigenvalue weighted by Crippen LogP contribution is 2.27. The van der Waals surface area contributed by atoms with Crippen LogP contribution in [0.15, 0.2) is 35.7 Å². The number of hydrogen-bond donors (Lipinski definition) is 1. The normalized spacial score (nSPS) is 19.5. The van der Waals surface area contributed by atoms with E-state index in [2.05, 4.69) is 16.8 Å². The molecule has 132 valence electrons. The van der Waals surface area contributed by atoms with E-state index in [1.54, 1.807) is 11.3 Å². The Balaban J connectivity index is 1.39. The molecule has 2 aromatic rings. The van der Waals surface area contributed by atoms with Gasteiger partial charge in [-0.1, -0.05) is 12.1 Å². The predicted octanol–water partition coefficient (Wildman–Crippen LogP) is 3.90. The lowest BCUT2D eigenvalue weighted by Gasteiger charge is -2.27. The second-order valence-corrected chi connectivity index (χ2v) is 7.41. The van der Waals surface area contributed by atoms with Gasteiger partial charge in [-0.15, -0.1) is 11.3 Å². The van der Waals surface area contributed by atoms with Crippen LogP contribution in [0, 0.1) is 0 Å². The monoisotopic (exact) mass is 358 g/mol. The SMILES string of the molecule is O=C(Nc1ccccc1OC[C@@H]1CCCO1)N1CCc2sccc2C1. The van der Waals surface area contributed by atoms with Crippen molar-refractivity contribution >= 4 is 23.1 Å². The first-order valence-electron chi connectivity index (χ1n) is 8.74. The Morgan fingerprint density at radius 2 is 2.28 bits per heavy atom. The number of anilines is 1. The fourth-order valence-corrected chi connectivity index (χ4v) is 4.16. The molecule has 1 atom stereocenters. The summed E-state index contributed by atoms with van der Waals surface area (Å²) in [5.41, 5.74) is 1.97. The van der Waals surface area contributed by atoms with Gasteiger partial charge in [0, 0.05) is 24.6 Å². The number of amides is 2. The minimum Gasteiger partial charge on any atom is -0.489 e. The maximum Gasteiger partial charge on any atom is 0.322 e. The average Bonchev–Trinajstić information content (AvgIpc) is 3.31. The van der Waals surface area contributed by atoms with E-state index < -0.39 is 0 Å². The lowest BCUT2D eigenvalue weighted by atomic mass is 10.1. The standard InChI is InChI=1S/C19H22N2O3S/c22-19(21-9-7-18-14(12-21)8-11-25-18)20-16-5-1-2-6-17(16)24-13-15-4-3-10-23-15/h1-2,5-6,8,11,15H,3-4,7,9-10,12-13H2,(H,20,22)/t15-/m0/s1. The Morgan fingerprint density at radius 1 is 1.36 bits per heavy atom. The van der Waals surface area contributed by atoms with Gasteiger partial charge in [0.1, 0.15) is 12.4 Å². The van der Waals surface area contributed by atoms with Crippen LogP contribution in [-0.2, 0) is 17.7 Å². The third kappa shape index (κ3) is 3.80. The summed E-state index contributed by atoms with van der Waals surface area (Å²) in [6, 6.07) is 9.62. The number of rotatable bonds is 4. The summed E-state index contributed by atoms with van der Waals surface area (Å²) in [7, 11) is 0. The highest BCUT2D eigenvalue weighted by atomic mass is 32.1. The summed E-state index contributed by atoms with van der Waals surface area (Å²) in [5, 5.41) is 5.10. The molecular formula is C19H22N2O3S. The Hall–Kier alpha value is -2.05. The quantitative estimate of drug-likeness (QED) is 0.902. The molecular weight excluding hydrogens is 336 g/mol. The van der Waals surface area contributed by atoms with E-state index in [9.17, 15) is 4.79 Å². The number of para-hydroxylation sites is 2. The van der Waals surface area contributed by atoms with Crippen molar-refractivity contribution in [3.05, 3.63) is 46.2 Å². The number of carbonyl (C=O) groups excluding carboxylic acids is 1. The van der Waals surface area contributed by atoms with Crippen molar-refractivity contribution < 1.29 is 14.3 Å². The first-order valence-corrected chi connectivity index (χ1v) is 9.62. The summed E-state index contributed by atoms with van der Waals surface area (Å²) >= 11 is 1.77. The molecule has 0 unspecified atom stereocenters. The average molecular weight is 358 g/mol. The minimum absolute atomic E-state index is 0.0787. The maximum absolute atomic E-state index is 12.6. The van der Waals surface area contributed by atoms with Crippen molar-refractivity contribution in [2.75, 3.05) is 25.1 Å². The van der Waals surface area contributed by atoms with Crippen LogP contribution in [0.4, 0.5) is 10.5 Å². The molecule has 2 aliphatic rings. The van der Waals surface area contributed by atoms with E-state index in [1.165, 1.54) is 10.4 Å². The van der Waals surface area contributed by atoms with Gasteiger partial charge in [0.2, 0.25) is 0 Å². The van der Waals surface area contributed by atoms with Crippen molar-refractivity contribution in [3.8, 4) is 5.75 Å². The number of benzene rings is 1. The van der Waals surface area contributed by atoms with Crippen LogP contribution in [0.3, 0.4) is 0 Å². The molecule has 6 heteroatoms. The summed E-state index contributed by atoms with van der Waals surface area (Å²) in [5.74, 6) is 0.694. The van der Waals surface area contributed by atoms with Crippen molar-refractivity contribution in [1.29, 1.82) is 0 Å². The Morgan fingerprint density at radius 3 is 3.16 bits per heavy atom. The van der Waals surface area contributed by atoms with Crippen LogP contribution < -0.4 is 10.1 Å². The number of nitrogens with zero attached hydrogens (tertiary/aromatic N) is 1. The Labute approximate surface area is 151 Å². The van der Waals surface area contributed by atoms with Gasteiger partial charge >= 0.3 is 6.03 Å². The zero-order valence-corrected chi connectivity index (χ0v) is 14.9. The molecule has 1 saturated heterocycles. The molecule has 1 aromatic heterocycles. The summed E-state index contributed by atoms with van der Waals surface area (Å²) in [6.07, 6.45) is 3.21. The second-order valence-electron chi connectivity index (χ2n) is 6.41. The van der Waals surface area contributed by atoms with Gasteiger partial charge in [-0.05, 0) is 48.4 Å². The first-order chi connectivity index (χ1) is 12.3. The number of urea groups is 1. The van der Waals surface area contributed by atoms with E-state index in [1.807, 2.05) is 29.2 Å². The fraction of sp³-hybridized carbons (Fsp3) is 0.421. The molecule has 2 amide bonds. The molecule has 5 nitrogen and oxygen atoms in total. The Kier molecular flexibility index (Phi) is 4.90. The van der Waals surface area contributed by atoms with Crippen LogP contribution in [0.5, 0.6) is 5.75 Å². The van der Waals surface area contributed by atoms with Gasteiger partial charge in [0.05, 0.1) is 11.8 Å². The van der Waals surface area contributed by atoms with Crippen LogP contribution in [0.25, 0.3) is 0 Å². The molecule has 0 spiro atoms. The molecule has 3 heterocycles. The molecule has 0 radical (unpaired) electrons. The molecule has 1 N–H and O–H groups in total. The van der Waals surface area contributed by atoms with E-state index in [4.69, 9.17) is 9.47 Å². The number of carbonyl (C=O) groups is 1. The van der Waals surface area contributed by atoms with Crippen molar-refractivity contribution in [1.82, 2.24) is 4.90 Å². The van der Waals surface area contributed by atoms with Gasteiger partial charge in [0.15, 0.2) is 0 Å². The van der Waals surface area contributed by atoms with Crippen molar-refractivity contribution in [2.24, 2.45) is 0 Å². The van der Waals surface area contributed by atoms with E-state index in [0.29, 0.717) is 24.6 Å². The van der Waals surface area contributed by atoms with Gasteiger partial charge in [0.25, 0.3) is 0 Å². The lowest BCUT2D eigenvalue weighted by molar-refractivity contribution is 0.0682. The number of ether oxygens (including phenoxy) is 2. The lowest BCUT2D eigenvalue weighted by Crippen LogP contribution is -2.38. The summed E-state index contributed by atoms with van der Waals surface area (Å²) in [4.78, 5) is 15.9. The van der Waals surface area contributed by atoms with E-state index in [-0.39, 0.29) is 12.1 Å². The van der Waals surface area contributed by atoms with Crippen LogP contribution in [0.2, 0.25) is 0 Å². The van der Waals surface area contributed by atoms with E-state index in [0.717, 1.165) is 32.4 Å². The second kappa shape index (κ2) is 7.45. The fourth-order valence-electron chi connectivity index (χ4n) is 3.27. The number of nitrogens with one attached hydrogen (secondary N) is 1. The van der Waals surface area contributed by atoms with Crippen molar-refractivity contribution in [3.63, 3.8) is 0 Å². The van der Waals surface area contributed by atoms with Gasteiger partial charge in [-0.25, -0.2) is 4.79 Å². The molecule has 0 bridgehead atoms. The molecule has 1 fully saturated rings. The third-order valence-electron chi connectivity index (χ3n) is 4.67. The number of hydrogen-bond acceptors (Lipinski definition) is 4. The molecule has 0 saturated carbocycles. The van der Waals surface area contributed by atoms with E-state index >= 15 is 0 Å². The Bertz CT molecular complexity index is 740. The first kappa shape index (κ1) is 16.4.